The first kappa shape index (κ1) is 25.3. The van der Waals surface area contributed by atoms with Gasteiger partial charge in [0.2, 0.25) is 0 Å². The van der Waals surface area contributed by atoms with Gasteiger partial charge in [-0.15, -0.1) is 0 Å². The van der Waals surface area contributed by atoms with Crippen LogP contribution in [0.4, 0.5) is 0 Å². The molecule has 0 heterocycles. The molecule has 17 heavy (non-hydrogen) atoms. The Balaban J connectivity index is -0.0000000806. The van der Waals surface area contributed by atoms with Crippen LogP contribution in [0.15, 0.2) is 0 Å². The van der Waals surface area contributed by atoms with Crippen LogP contribution in [0, 0.1) is 0 Å². The summed E-state index contributed by atoms with van der Waals surface area (Å²) in [6, 6.07) is 0. The number of aliphatic carboxylic acids is 1. The Morgan fingerprint density at radius 2 is 1.29 bits per heavy atom. The van der Waals surface area contributed by atoms with E-state index >= 15 is 0 Å². The maximum atomic E-state index is 9.00. The molecule has 0 fully saturated rings. The molecule has 0 amide bonds. The molecule has 0 saturated heterocycles. The van der Waals surface area contributed by atoms with E-state index in [1.165, 1.54) is 12.8 Å². The van der Waals surface area contributed by atoms with Crippen molar-refractivity contribution in [3.05, 3.63) is 0 Å². The van der Waals surface area contributed by atoms with E-state index < -0.39 is 5.97 Å². The molecule has 108 valence electrons. The van der Waals surface area contributed by atoms with Crippen LogP contribution in [0.1, 0.15) is 54.4 Å². The Labute approximate surface area is 106 Å². The second-order valence-corrected chi connectivity index (χ2v) is 3.00. The molecule has 0 radical (unpaired) electrons. The van der Waals surface area contributed by atoms with E-state index in [-0.39, 0.29) is 12.4 Å². The normalized spacial score (nSPS) is 8.18. The average Bonchev–Trinajstić information content (AvgIpc) is 2.18. The minimum absolute atomic E-state index is 0. The van der Waals surface area contributed by atoms with E-state index in [9.17, 15) is 0 Å². The van der Waals surface area contributed by atoms with Gasteiger partial charge in [0.05, 0.1) is 0 Å². The predicted octanol–water partition coefficient (Wildman–Crippen LogP) is 3.46. The highest BCUT2D eigenvalue weighted by atomic mass is 16.7. The molecular formula is C12H31NO4. The number of carboxylic acids is 1. The highest BCUT2D eigenvalue weighted by Crippen LogP contribution is 1.90. The minimum Gasteiger partial charge on any atom is -0.481 e. The molecule has 0 aliphatic heterocycles. The lowest BCUT2D eigenvalue weighted by Gasteiger charge is -2.09. The molecule has 0 rings (SSSR count). The summed E-state index contributed by atoms with van der Waals surface area (Å²) < 4.78 is 10.1. The fraction of sp³-hybridized carbons (Fsp3) is 0.917. The van der Waals surface area contributed by atoms with Crippen LogP contribution in [0.3, 0.4) is 0 Å². The maximum Gasteiger partial charge on any atom is 0.300 e. The topological polar surface area (TPSA) is 90.8 Å². The average molecular weight is 253 g/mol. The monoisotopic (exact) mass is 253 g/mol. The highest BCUT2D eigenvalue weighted by molar-refractivity contribution is 5.62. The molecule has 0 atom stereocenters. The van der Waals surface area contributed by atoms with Crippen molar-refractivity contribution in [3.63, 3.8) is 0 Å². The van der Waals surface area contributed by atoms with Crippen molar-refractivity contribution in [3.8, 4) is 0 Å². The molecule has 0 aliphatic rings. The third-order valence-corrected chi connectivity index (χ3v) is 1.30. The molecule has 5 nitrogen and oxygen atoms in total. The van der Waals surface area contributed by atoms with Crippen LogP contribution >= 0.6 is 0 Å². The van der Waals surface area contributed by atoms with E-state index in [0.29, 0.717) is 0 Å². The highest BCUT2D eigenvalue weighted by Gasteiger charge is 1.94. The number of hydrogen-bond acceptors (Lipinski definition) is 4. The van der Waals surface area contributed by atoms with Gasteiger partial charge in [-0.2, -0.15) is 0 Å². The number of hydrogen-bond donors (Lipinski definition) is 2. The molecule has 0 aromatic carbocycles. The molecule has 0 aromatic heterocycles. The molecule has 0 spiro atoms. The standard InChI is InChI=1S/C6H14O2.C4H10.C2H4O2.H3N/c1-4-7-6(3)8-5-2;1-3-4-2;1-2(3)4;/h6H,4-5H2,1-3H3;3-4H2,1-2H3;1H3,(H,3,4);1H3. The van der Waals surface area contributed by atoms with Crippen LogP contribution in [-0.4, -0.2) is 30.6 Å². The number of ether oxygens (including phenoxy) is 2. The molecule has 0 bridgehead atoms. The van der Waals surface area contributed by atoms with Crippen LogP contribution in [0.2, 0.25) is 0 Å². The summed E-state index contributed by atoms with van der Waals surface area (Å²) in [7, 11) is 0. The SMILES string of the molecule is CC(=O)O.CCCC.CCOC(C)OCC.N. The van der Waals surface area contributed by atoms with Crippen molar-refractivity contribution < 1.29 is 19.4 Å². The van der Waals surface area contributed by atoms with Gasteiger partial charge < -0.3 is 20.7 Å². The van der Waals surface area contributed by atoms with Crippen molar-refractivity contribution in [2.24, 2.45) is 0 Å². The van der Waals surface area contributed by atoms with Gasteiger partial charge in [-0.05, 0) is 20.8 Å². The van der Waals surface area contributed by atoms with Gasteiger partial charge in [-0.1, -0.05) is 26.7 Å². The number of carbonyl (C=O) groups is 1. The van der Waals surface area contributed by atoms with Crippen molar-refractivity contribution >= 4 is 5.97 Å². The zero-order valence-electron chi connectivity index (χ0n) is 12.3. The first-order chi connectivity index (χ1) is 7.45. The third kappa shape index (κ3) is 67.8. The van der Waals surface area contributed by atoms with Gasteiger partial charge >= 0.3 is 0 Å². The molecule has 0 aliphatic carbocycles. The second-order valence-electron chi connectivity index (χ2n) is 3.00. The number of carboxylic acid groups (broad SMARTS) is 1. The summed E-state index contributed by atoms with van der Waals surface area (Å²) in [5.41, 5.74) is 0. The van der Waals surface area contributed by atoms with Crippen LogP contribution < -0.4 is 6.15 Å². The Bertz CT molecular complexity index is 120. The first-order valence-corrected chi connectivity index (χ1v) is 5.88. The molecular weight excluding hydrogens is 222 g/mol. The molecule has 5 heteroatoms. The van der Waals surface area contributed by atoms with Crippen molar-refractivity contribution in [1.29, 1.82) is 0 Å². The van der Waals surface area contributed by atoms with Crippen molar-refractivity contribution in [2.45, 2.75) is 60.7 Å². The van der Waals surface area contributed by atoms with Gasteiger partial charge in [-0.3, -0.25) is 4.79 Å². The molecule has 4 N–H and O–H groups in total. The molecule has 0 aromatic rings. The van der Waals surface area contributed by atoms with Gasteiger partial charge in [0.1, 0.15) is 0 Å². The Morgan fingerprint density at radius 3 is 1.41 bits per heavy atom. The summed E-state index contributed by atoms with van der Waals surface area (Å²) in [6.07, 6.45) is 2.60. The summed E-state index contributed by atoms with van der Waals surface area (Å²) in [5, 5.41) is 7.42. The third-order valence-electron chi connectivity index (χ3n) is 1.30. The zero-order valence-corrected chi connectivity index (χ0v) is 12.3. The first-order valence-electron chi connectivity index (χ1n) is 5.88. The van der Waals surface area contributed by atoms with Crippen LogP contribution in [0.5, 0.6) is 0 Å². The Morgan fingerprint density at radius 1 is 1.06 bits per heavy atom. The lowest BCUT2D eigenvalue weighted by atomic mass is 10.4. The van der Waals surface area contributed by atoms with E-state index in [0.717, 1.165) is 20.1 Å². The summed E-state index contributed by atoms with van der Waals surface area (Å²) in [6.45, 7) is 12.7. The van der Waals surface area contributed by atoms with Gasteiger partial charge in [-0.25, -0.2) is 0 Å². The quantitative estimate of drug-likeness (QED) is 0.732. The lowest BCUT2D eigenvalue weighted by molar-refractivity contribution is -0.134. The molecule has 0 saturated carbocycles. The van der Waals surface area contributed by atoms with Crippen molar-refractivity contribution in [2.75, 3.05) is 13.2 Å². The summed E-state index contributed by atoms with van der Waals surface area (Å²) in [5.74, 6) is -0.833. The van der Waals surface area contributed by atoms with Gasteiger partial charge in [0, 0.05) is 20.1 Å². The Hall–Kier alpha value is -0.650. The maximum absolute atomic E-state index is 9.00. The van der Waals surface area contributed by atoms with E-state index in [1.54, 1.807) is 0 Å². The number of unbranched alkanes of at least 4 members (excludes halogenated alkanes) is 1. The minimum atomic E-state index is -0.833. The largest absolute Gasteiger partial charge is 0.481 e. The van der Waals surface area contributed by atoms with Gasteiger partial charge in [0.15, 0.2) is 6.29 Å². The van der Waals surface area contributed by atoms with E-state index in [4.69, 9.17) is 19.4 Å². The number of rotatable bonds is 5. The van der Waals surface area contributed by atoms with Crippen LogP contribution in [-0.2, 0) is 14.3 Å². The van der Waals surface area contributed by atoms with E-state index in [2.05, 4.69) is 13.8 Å². The second kappa shape index (κ2) is 24.5. The van der Waals surface area contributed by atoms with Gasteiger partial charge in [0.25, 0.3) is 5.97 Å². The fourth-order valence-electron chi connectivity index (χ4n) is 0.518. The lowest BCUT2D eigenvalue weighted by Crippen LogP contribution is -2.11. The predicted molar refractivity (Wildman–Crippen MR) is 71.6 cm³/mol. The van der Waals surface area contributed by atoms with Crippen LogP contribution in [0.25, 0.3) is 0 Å². The molecule has 0 unspecified atom stereocenters. The summed E-state index contributed by atoms with van der Waals surface area (Å²) >= 11 is 0. The van der Waals surface area contributed by atoms with Crippen molar-refractivity contribution in [1.82, 2.24) is 6.15 Å². The zero-order chi connectivity index (χ0) is 13.4. The summed E-state index contributed by atoms with van der Waals surface area (Å²) in [4.78, 5) is 9.00. The fourth-order valence-corrected chi connectivity index (χ4v) is 0.518. The smallest absolute Gasteiger partial charge is 0.300 e. The van der Waals surface area contributed by atoms with E-state index in [1.807, 2.05) is 20.8 Å². The Kier molecular flexibility index (Phi) is 36.5.